The van der Waals surface area contributed by atoms with Crippen LogP contribution in [0, 0.1) is 5.92 Å². The molecule has 29 heavy (non-hydrogen) atoms. The Morgan fingerprint density at radius 3 is 2.21 bits per heavy atom. The zero-order chi connectivity index (χ0) is 21.4. The summed E-state index contributed by atoms with van der Waals surface area (Å²) in [5, 5.41) is 5.12. The van der Waals surface area contributed by atoms with E-state index in [-0.39, 0.29) is 16.9 Å². The second kappa shape index (κ2) is 10.2. The van der Waals surface area contributed by atoms with Crippen molar-refractivity contribution >= 4 is 40.7 Å². The predicted octanol–water partition coefficient (Wildman–Crippen LogP) is 2.24. The number of rotatable bonds is 5. The molecule has 0 aliphatic heterocycles. The first kappa shape index (κ1) is 21.8. The van der Waals surface area contributed by atoms with Crippen molar-refractivity contribution in [3.8, 4) is 5.75 Å². The summed E-state index contributed by atoms with van der Waals surface area (Å²) in [4.78, 5) is 36.1. The minimum atomic E-state index is -0.473. The maximum absolute atomic E-state index is 12.3. The molecule has 2 rings (SSSR count). The summed E-state index contributed by atoms with van der Waals surface area (Å²) in [6, 6.07) is 13.0. The minimum Gasteiger partial charge on any atom is -0.496 e. The van der Waals surface area contributed by atoms with E-state index in [9.17, 15) is 14.4 Å². The number of thiocarbonyl (C=S) groups is 1. The van der Waals surface area contributed by atoms with E-state index in [4.69, 9.17) is 17.0 Å². The molecule has 3 amide bonds. The lowest BCUT2D eigenvalue weighted by atomic mass is 10.1. The van der Waals surface area contributed by atoms with E-state index in [0.29, 0.717) is 22.6 Å². The van der Waals surface area contributed by atoms with Crippen LogP contribution in [0.4, 0.5) is 5.69 Å². The van der Waals surface area contributed by atoms with Crippen LogP contribution >= 0.6 is 12.2 Å². The molecule has 152 valence electrons. The van der Waals surface area contributed by atoms with Crippen LogP contribution < -0.4 is 26.2 Å². The third kappa shape index (κ3) is 6.28. The van der Waals surface area contributed by atoms with E-state index >= 15 is 0 Å². The number of nitrogens with one attached hydrogen (secondary N) is 4. The zero-order valence-corrected chi connectivity index (χ0v) is 17.1. The molecule has 9 heteroatoms. The van der Waals surface area contributed by atoms with Crippen LogP contribution in [0.15, 0.2) is 48.5 Å². The molecule has 2 aromatic carbocycles. The summed E-state index contributed by atoms with van der Waals surface area (Å²) >= 11 is 5.02. The van der Waals surface area contributed by atoms with Crippen molar-refractivity contribution in [1.29, 1.82) is 0 Å². The topological polar surface area (TPSA) is 109 Å². The second-order valence-electron chi connectivity index (χ2n) is 6.28. The van der Waals surface area contributed by atoms with Crippen molar-refractivity contribution in [2.24, 2.45) is 5.92 Å². The number of hydrogen-bond donors (Lipinski definition) is 4. The molecule has 0 fully saturated rings. The molecule has 0 bridgehead atoms. The Kier molecular flexibility index (Phi) is 7.67. The Bertz CT molecular complexity index is 913. The Morgan fingerprint density at radius 1 is 0.931 bits per heavy atom. The quantitative estimate of drug-likeness (QED) is 0.441. The highest BCUT2D eigenvalue weighted by Crippen LogP contribution is 2.16. The molecule has 8 nitrogen and oxygen atoms in total. The van der Waals surface area contributed by atoms with Gasteiger partial charge in [0.1, 0.15) is 5.75 Å². The van der Waals surface area contributed by atoms with Gasteiger partial charge in [0, 0.05) is 17.2 Å². The van der Waals surface area contributed by atoms with Gasteiger partial charge in [0.05, 0.1) is 12.7 Å². The maximum atomic E-state index is 12.3. The summed E-state index contributed by atoms with van der Waals surface area (Å²) in [6.07, 6.45) is 0. The number of para-hydroxylation sites is 1. The monoisotopic (exact) mass is 414 g/mol. The van der Waals surface area contributed by atoms with Crippen molar-refractivity contribution in [3.05, 3.63) is 59.7 Å². The number of methoxy groups -OCH3 is 1. The molecule has 0 aliphatic carbocycles. The van der Waals surface area contributed by atoms with Gasteiger partial charge >= 0.3 is 0 Å². The van der Waals surface area contributed by atoms with Crippen LogP contribution in [0.25, 0.3) is 0 Å². The van der Waals surface area contributed by atoms with Crippen LogP contribution in [-0.4, -0.2) is 29.9 Å². The van der Waals surface area contributed by atoms with E-state index in [1.165, 1.54) is 7.11 Å². The minimum absolute atomic E-state index is 0.0740. The van der Waals surface area contributed by atoms with Gasteiger partial charge < -0.3 is 10.1 Å². The molecule has 0 saturated carbocycles. The van der Waals surface area contributed by atoms with Gasteiger partial charge in [-0.3, -0.25) is 30.6 Å². The SMILES string of the molecule is COc1ccccc1C(=O)NC(=S)NNC(=O)c1ccc(NC(=O)C(C)C)cc1. The first-order valence-corrected chi connectivity index (χ1v) is 9.18. The number of benzene rings is 2. The third-order valence-corrected chi connectivity index (χ3v) is 4.01. The summed E-state index contributed by atoms with van der Waals surface area (Å²) in [6.45, 7) is 3.58. The lowest BCUT2D eigenvalue weighted by molar-refractivity contribution is -0.118. The van der Waals surface area contributed by atoms with E-state index < -0.39 is 11.8 Å². The largest absolute Gasteiger partial charge is 0.496 e. The second-order valence-corrected chi connectivity index (χ2v) is 6.69. The average molecular weight is 414 g/mol. The molecule has 0 radical (unpaired) electrons. The number of carbonyl (C=O) groups excluding carboxylic acids is 3. The Hall–Kier alpha value is -3.46. The molecular weight excluding hydrogens is 392 g/mol. The molecule has 0 aliphatic rings. The molecule has 0 unspecified atom stereocenters. The van der Waals surface area contributed by atoms with Crippen LogP contribution in [0.5, 0.6) is 5.75 Å². The van der Waals surface area contributed by atoms with Crippen LogP contribution in [0.1, 0.15) is 34.6 Å². The van der Waals surface area contributed by atoms with Crippen molar-refractivity contribution in [2.75, 3.05) is 12.4 Å². The fourth-order valence-corrected chi connectivity index (χ4v) is 2.35. The van der Waals surface area contributed by atoms with E-state index in [1.54, 1.807) is 62.4 Å². The highest BCUT2D eigenvalue weighted by Gasteiger charge is 2.13. The van der Waals surface area contributed by atoms with Gasteiger partial charge in [-0.2, -0.15) is 0 Å². The molecule has 0 heterocycles. The Labute approximate surface area is 174 Å². The molecular formula is C20H22N4O4S. The summed E-state index contributed by atoms with van der Waals surface area (Å²) < 4.78 is 5.13. The fraction of sp³-hybridized carbons (Fsp3) is 0.200. The molecule has 4 N–H and O–H groups in total. The lowest BCUT2D eigenvalue weighted by Gasteiger charge is -2.12. The number of ether oxygens (including phenoxy) is 1. The van der Waals surface area contributed by atoms with Gasteiger partial charge in [-0.25, -0.2) is 0 Å². The van der Waals surface area contributed by atoms with Gasteiger partial charge in [0.15, 0.2) is 5.11 Å². The average Bonchev–Trinajstić information content (AvgIpc) is 2.72. The smallest absolute Gasteiger partial charge is 0.269 e. The van der Waals surface area contributed by atoms with Gasteiger partial charge in [0.2, 0.25) is 5.91 Å². The van der Waals surface area contributed by atoms with E-state index in [0.717, 1.165) is 0 Å². The zero-order valence-electron chi connectivity index (χ0n) is 16.2. The molecule has 0 aromatic heterocycles. The van der Waals surface area contributed by atoms with Crippen LogP contribution in [0.2, 0.25) is 0 Å². The van der Waals surface area contributed by atoms with Crippen molar-refractivity contribution in [1.82, 2.24) is 16.2 Å². The maximum Gasteiger partial charge on any atom is 0.269 e. The summed E-state index contributed by atoms with van der Waals surface area (Å²) in [5.41, 5.74) is 6.12. The van der Waals surface area contributed by atoms with Gasteiger partial charge in [-0.1, -0.05) is 26.0 Å². The van der Waals surface area contributed by atoms with E-state index in [1.807, 2.05) is 0 Å². The first-order valence-electron chi connectivity index (χ1n) is 8.77. The summed E-state index contributed by atoms with van der Waals surface area (Å²) in [7, 11) is 1.46. The molecule has 0 atom stereocenters. The van der Waals surface area contributed by atoms with Gasteiger partial charge in [-0.15, -0.1) is 0 Å². The number of carbonyl (C=O) groups is 3. The van der Waals surface area contributed by atoms with Crippen LogP contribution in [-0.2, 0) is 4.79 Å². The van der Waals surface area contributed by atoms with Crippen molar-refractivity contribution in [3.63, 3.8) is 0 Å². The standard InChI is InChI=1S/C20H22N4O4S/c1-12(2)17(25)21-14-10-8-13(9-11-14)18(26)23-24-20(29)22-19(27)15-6-4-5-7-16(15)28-3/h4-12H,1-3H3,(H,21,25)(H,23,26)(H2,22,24,27,29). The number of hydrazine groups is 1. The fourth-order valence-electron chi connectivity index (χ4n) is 2.21. The highest BCUT2D eigenvalue weighted by molar-refractivity contribution is 7.80. The Morgan fingerprint density at radius 2 is 1.59 bits per heavy atom. The predicted molar refractivity (Wildman–Crippen MR) is 114 cm³/mol. The lowest BCUT2D eigenvalue weighted by Crippen LogP contribution is -2.48. The molecule has 0 saturated heterocycles. The van der Waals surface area contributed by atoms with Crippen LogP contribution in [0.3, 0.4) is 0 Å². The number of anilines is 1. The normalized spacial score (nSPS) is 10.1. The molecule has 0 spiro atoms. The van der Waals surface area contributed by atoms with Gasteiger partial charge in [-0.05, 0) is 48.6 Å². The van der Waals surface area contributed by atoms with Crippen molar-refractivity contribution < 1.29 is 19.1 Å². The molecule has 2 aromatic rings. The number of hydrogen-bond acceptors (Lipinski definition) is 5. The first-order chi connectivity index (χ1) is 13.8. The number of amides is 3. The third-order valence-electron chi connectivity index (χ3n) is 3.81. The Balaban J connectivity index is 1.87. The summed E-state index contributed by atoms with van der Waals surface area (Å²) in [5.74, 6) is -0.782. The van der Waals surface area contributed by atoms with E-state index in [2.05, 4.69) is 21.5 Å². The van der Waals surface area contributed by atoms with Gasteiger partial charge in [0.25, 0.3) is 11.8 Å². The van der Waals surface area contributed by atoms with Crippen molar-refractivity contribution in [2.45, 2.75) is 13.8 Å². The highest BCUT2D eigenvalue weighted by atomic mass is 32.1.